The van der Waals surface area contributed by atoms with E-state index in [-0.39, 0.29) is 17.7 Å². The molecule has 0 bridgehead atoms. The van der Waals surface area contributed by atoms with Crippen molar-refractivity contribution < 1.29 is 18.7 Å². The molecule has 9 heteroatoms. The van der Waals surface area contributed by atoms with Crippen molar-refractivity contribution in [2.24, 2.45) is 5.92 Å². The van der Waals surface area contributed by atoms with Crippen LogP contribution in [-0.4, -0.2) is 47.5 Å². The van der Waals surface area contributed by atoms with Crippen molar-refractivity contribution in [1.29, 1.82) is 0 Å². The molecular weight excluding hydrogens is 470 g/mol. The molecule has 1 fully saturated rings. The highest BCUT2D eigenvalue weighted by molar-refractivity contribution is 7.99. The zero-order valence-electron chi connectivity index (χ0n) is 19.7. The number of methoxy groups -OCH3 is 2. The maximum Gasteiger partial charge on any atom is 0.277 e. The second-order valence-electron chi connectivity index (χ2n) is 8.92. The summed E-state index contributed by atoms with van der Waals surface area (Å²) in [4.78, 5) is 17.5. The number of hydrogen-bond acceptors (Lipinski definition) is 8. The van der Waals surface area contributed by atoms with Gasteiger partial charge >= 0.3 is 0 Å². The number of aryl methyl sites for hydroxylation is 1. The first kappa shape index (κ1) is 23.2. The lowest BCUT2D eigenvalue weighted by atomic mass is 9.90. The van der Waals surface area contributed by atoms with Gasteiger partial charge in [0.2, 0.25) is 5.91 Å². The highest BCUT2D eigenvalue weighted by Crippen LogP contribution is 2.40. The number of carbonyl (C=O) groups excluding carboxylic acids is 1. The van der Waals surface area contributed by atoms with E-state index in [1.54, 1.807) is 25.6 Å². The van der Waals surface area contributed by atoms with Crippen molar-refractivity contribution in [3.05, 3.63) is 40.3 Å². The van der Waals surface area contributed by atoms with Crippen molar-refractivity contribution in [3.63, 3.8) is 0 Å². The quantitative estimate of drug-likeness (QED) is 0.403. The number of fused-ring (bicyclic) bond motifs is 1. The van der Waals surface area contributed by atoms with E-state index in [2.05, 4.69) is 23.2 Å². The van der Waals surface area contributed by atoms with Crippen LogP contribution in [0.25, 0.3) is 10.8 Å². The minimum Gasteiger partial charge on any atom is -0.497 e. The Labute approximate surface area is 207 Å². The first-order chi connectivity index (χ1) is 16.6. The molecular formula is C25H29N3O4S2. The minimum absolute atomic E-state index is 0.0313. The van der Waals surface area contributed by atoms with Gasteiger partial charge in [0, 0.05) is 17.0 Å². The molecule has 2 atom stereocenters. The number of ether oxygens (including phenoxy) is 2. The fourth-order valence-electron chi connectivity index (χ4n) is 4.87. The normalized spacial score (nSPS) is 19.8. The van der Waals surface area contributed by atoms with Gasteiger partial charge in [-0.15, -0.1) is 21.5 Å². The van der Waals surface area contributed by atoms with Crippen molar-refractivity contribution in [2.75, 3.05) is 26.5 Å². The Hall–Kier alpha value is -2.52. The zero-order valence-corrected chi connectivity index (χ0v) is 21.3. The third-order valence-electron chi connectivity index (χ3n) is 6.63. The Kier molecular flexibility index (Phi) is 6.83. The number of amides is 1. The number of benzene rings is 1. The average Bonchev–Trinajstić information content (AvgIpc) is 3.61. The highest BCUT2D eigenvalue weighted by Gasteiger charge is 2.32. The summed E-state index contributed by atoms with van der Waals surface area (Å²) in [5.41, 5.74) is 2.39. The second-order valence-corrected chi connectivity index (χ2v) is 11.0. The standard InChI is InChI=1S/C25H29N3O4S2/c1-15-6-9-21-16(11-15)12-22(34-21)24-26-27-25(32-24)33-14-23(29)28-10-4-5-19(28)18-13-17(30-2)7-8-20(18)31-3/h7-8,12-13,15,19H,4-6,9-11,14H2,1-3H3/t15-,19+/m1/s1. The van der Waals surface area contributed by atoms with Gasteiger partial charge in [0.15, 0.2) is 0 Å². The van der Waals surface area contributed by atoms with E-state index in [0.717, 1.165) is 60.1 Å². The Morgan fingerprint density at radius 2 is 2.12 bits per heavy atom. The van der Waals surface area contributed by atoms with Crippen LogP contribution in [0.2, 0.25) is 0 Å². The first-order valence-electron chi connectivity index (χ1n) is 11.7. The summed E-state index contributed by atoms with van der Waals surface area (Å²) in [6.07, 6.45) is 5.32. The topological polar surface area (TPSA) is 77.7 Å². The molecule has 7 nitrogen and oxygen atoms in total. The number of likely N-dealkylation sites (tertiary alicyclic amines) is 1. The van der Waals surface area contributed by atoms with E-state index in [9.17, 15) is 4.79 Å². The molecule has 2 aliphatic rings. The number of hydrogen-bond donors (Lipinski definition) is 0. The van der Waals surface area contributed by atoms with Crippen LogP contribution in [0.1, 0.15) is 48.2 Å². The number of carbonyl (C=O) groups is 1. The summed E-state index contributed by atoms with van der Waals surface area (Å²) >= 11 is 3.05. The van der Waals surface area contributed by atoms with Gasteiger partial charge in [0.1, 0.15) is 11.5 Å². The van der Waals surface area contributed by atoms with Crippen molar-refractivity contribution >= 4 is 29.0 Å². The van der Waals surface area contributed by atoms with Crippen LogP contribution in [0.5, 0.6) is 11.5 Å². The Morgan fingerprint density at radius 3 is 2.94 bits per heavy atom. The lowest BCUT2D eigenvalue weighted by Gasteiger charge is -2.26. The van der Waals surface area contributed by atoms with Crippen molar-refractivity contribution in [1.82, 2.24) is 15.1 Å². The SMILES string of the molecule is COc1ccc(OC)c([C@@H]2CCCN2C(=O)CSc2nnc(-c3cc4c(s3)CC[C@@H](C)C4)o2)c1. The third-order valence-corrected chi connectivity index (χ3v) is 8.66. The van der Waals surface area contributed by atoms with Gasteiger partial charge in [-0.05, 0) is 67.9 Å². The number of aromatic nitrogens is 2. The highest BCUT2D eigenvalue weighted by atomic mass is 32.2. The van der Waals surface area contributed by atoms with E-state index in [1.807, 2.05) is 23.1 Å². The maximum atomic E-state index is 13.1. The molecule has 0 unspecified atom stereocenters. The molecule has 1 aliphatic heterocycles. The molecule has 5 rings (SSSR count). The van der Waals surface area contributed by atoms with E-state index in [1.165, 1.54) is 28.6 Å². The van der Waals surface area contributed by atoms with E-state index in [4.69, 9.17) is 13.9 Å². The predicted molar refractivity (Wildman–Crippen MR) is 133 cm³/mol. The molecule has 0 saturated carbocycles. The van der Waals surface area contributed by atoms with Crippen LogP contribution in [0.15, 0.2) is 33.9 Å². The van der Waals surface area contributed by atoms with Gasteiger partial charge in [-0.25, -0.2) is 0 Å². The summed E-state index contributed by atoms with van der Waals surface area (Å²) in [5, 5.41) is 8.86. The number of thioether (sulfide) groups is 1. The van der Waals surface area contributed by atoms with Crippen LogP contribution in [0.3, 0.4) is 0 Å². The van der Waals surface area contributed by atoms with E-state index in [0.29, 0.717) is 11.1 Å². The zero-order chi connectivity index (χ0) is 23.7. The van der Waals surface area contributed by atoms with Crippen molar-refractivity contribution in [2.45, 2.75) is 50.3 Å². The van der Waals surface area contributed by atoms with Crippen LogP contribution in [-0.2, 0) is 17.6 Å². The van der Waals surface area contributed by atoms with E-state index >= 15 is 0 Å². The number of thiophene rings is 1. The summed E-state index contributed by atoms with van der Waals surface area (Å²) in [6.45, 7) is 3.02. The third kappa shape index (κ3) is 4.68. The first-order valence-corrected chi connectivity index (χ1v) is 13.5. The van der Waals surface area contributed by atoms with E-state index < -0.39 is 0 Å². The number of rotatable bonds is 7. The molecule has 3 heterocycles. The molecule has 180 valence electrons. The summed E-state index contributed by atoms with van der Waals surface area (Å²) < 4.78 is 16.9. The maximum absolute atomic E-state index is 13.1. The average molecular weight is 500 g/mol. The second kappa shape index (κ2) is 10.00. The smallest absolute Gasteiger partial charge is 0.277 e. The Morgan fingerprint density at radius 1 is 1.24 bits per heavy atom. The molecule has 0 N–H and O–H groups in total. The van der Waals surface area contributed by atoms with Crippen LogP contribution < -0.4 is 9.47 Å². The van der Waals surface area contributed by atoms with Crippen LogP contribution in [0.4, 0.5) is 0 Å². The molecule has 1 aliphatic carbocycles. The summed E-state index contributed by atoms with van der Waals surface area (Å²) in [7, 11) is 3.30. The van der Waals surface area contributed by atoms with Gasteiger partial charge in [0.05, 0.1) is 30.9 Å². The summed E-state index contributed by atoms with van der Waals surface area (Å²) in [5.74, 6) is 3.10. The largest absolute Gasteiger partial charge is 0.497 e. The monoisotopic (exact) mass is 499 g/mol. The van der Waals surface area contributed by atoms with Gasteiger partial charge in [-0.1, -0.05) is 18.7 Å². The van der Waals surface area contributed by atoms with Gasteiger partial charge < -0.3 is 18.8 Å². The fraction of sp³-hybridized carbons (Fsp3) is 0.480. The number of nitrogens with zero attached hydrogens (tertiary/aromatic N) is 3. The predicted octanol–water partition coefficient (Wildman–Crippen LogP) is 5.40. The molecule has 0 radical (unpaired) electrons. The fourth-order valence-corrected chi connectivity index (χ4v) is 6.65. The molecule has 34 heavy (non-hydrogen) atoms. The van der Waals surface area contributed by atoms with Gasteiger partial charge in [0.25, 0.3) is 11.1 Å². The summed E-state index contributed by atoms with van der Waals surface area (Å²) in [6, 6.07) is 7.90. The van der Waals surface area contributed by atoms with Crippen LogP contribution >= 0.6 is 23.1 Å². The molecule has 2 aromatic heterocycles. The Balaban J connectivity index is 1.25. The molecule has 1 amide bonds. The molecule has 1 saturated heterocycles. The van der Waals surface area contributed by atoms with Crippen LogP contribution in [0, 0.1) is 5.92 Å². The Bertz CT molecular complexity index is 1170. The van der Waals surface area contributed by atoms with Crippen molar-refractivity contribution in [3.8, 4) is 22.3 Å². The minimum atomic E-state index is -0.0313. The molecule has 1 aromatic carbocycles. The lowest BCUT2D eigenvalue weighted by Crippen LogP contribution is -2.32. The van der Waals surface area contributed by atoms with Gasteiger partial charge in [-0.2, -0.15) is 0 Å². The van der Waals surface area contributed by atoms with Gasteiger partial charge in [-0.3, -0.25) is 4.79 Å². The molecule has 0 spiro atoms. The lowest BCUT2D eigenvalue weighted by molar-refractivity contribution is -0.129. The molecule has 3 aromatic rings.